The summed E-state index contributed by atoms with van der Waals surface area (Å²) in [7, 11) is 0. The van der Waals surface area contributed by atoms with Gasteiger partial charge in [-0.25, -0.2) is 9.97 Å². The Morgan fingerprint density at radius 2 is 1.93 bits per heavy atom. The fraction of sp³-hybridized carbons (Fsp3) is 0.444. The molecule has 0 aliphatic carbocycles. The maximum absolute atomic E-state index is 11.2. The average molecular weight is 214 g/mol. The van der Waals surface area contributed by atoms with Crippen LogP contribution in [0.4, 0.5) is 5.95 Å². The highest BCUT2D eigenvalue weighted by molar-refractivity contribution is 6.32. The summed E-state index contributed by atoms with van der Waals surface area (Å²) in [5, 5.41) is 1.95. The summed E-state index contributed by atoms with van der Waals surface area (Å²) in [6, 6.07) is 1.83. The minimum atomic E-state index is -0.584. The van der Waals surface area contributed by atoms with E-state index in [9.17, 15) is 4.79 Å². The molecular weight excluding hydrogens is 202 g/mol. The van der Waals surface area contributed by atoms with Crippen molar-refractivity contribution in [3.05, 3.63) is 17.5 Å². The molecule has 0 spiro atoms. The van der Waals surface area contributed by atoms with Gasteiger partial charge in [0.25, 0.3) is 0 Å². The molecule has 0 aliphatic heterocycles. The van der Waals surface area contributed by atoms with Gasteiger partial charge in [-0.3, -0.25) is 10.1 Å². The molecule has 0 aliphatic rings. The molecule has 5 heteroatoms. The minimum absolute atomic E-state index is 0.295. The third-order valence-corrected chi connectivity index (χ3v) is 1.78. The molecule has 1 aromatic heterocycles. The van der Waals surface area contributed by atoms with Crippen molar-refractivity contribution in [1.82, 2.24) is 9.97 Å². The van der Waals surface area contributed by atoms with Crippen molar-refractivity contribution in [3.8, 4) is 0 Å². The van der Waals surface area contributed by atoms with Gasteiger partial charge in [-0.1, -0.05) is 0 Å². The van der Waals surface area contributed by atoms with Gasteiger partial charge in [-0.2, -0.15) is 0 Å². The van der Waals surface area contributed by atoms with Crippen molar-refractivity contribution >= 4 is 23.5 Å². The van der Waals surface area contributed by atoms with Crippen LogP contribution in [0.5, 0.6) is 0 Å². The molecule has 1 heterocycles. The smallest absolute Gasteiger partial charge is 0.244 e. The number of aromatic nitrogens is 2. The van der Waals surface area contributed by atoms with E-state index < -0.39 is 5.38 Å². The number of nitrogens with one attached hydrogen (secondary N) is 1. The fourth-order valence-electron chi connectivity index (χ4n) is 0.991. The predicted molar refractivity (Wildman–Crippen MR) is 55.5 cm³/mol. The molecule has 1 unspecified atom stereocenters. The normalized spacial score (nSPS) is 12.3. The van der Waals surface area contributed by atoms with E-state index in [4.69, 9.17) is 11.6 Å². The zero-order valence-electron chi connectivity index (χ0n) is 8.34. The highest BCUT2D eigenvalue weighted by atomic mass is 35.5. The Morgan fingerprint density at radius 3 is 2.36 bits per heavy atom. The highest BCUT2D eigenvalue weighted by Crippen LogP contribution is 2.05. The first-order chi connectivity index (χ1) is 6.49. The largest absolute Gasteiger partial charge is 0.293 e. The van der Waals surface area contributed by atoms with Crippen molar-refractivity contribution in [2.45, 2.75) is 26.1 Å². The Balaban J connectivity index is 2.82. The van der Waals surface area contributed by atoms with Crippen LogP contribution in [0.25, 0.3) is 0 Å². The second-order valence-electron chi connectivity index (χ2n) is 3.08. The van der Waals surface area contributed by atoms with Gasteiger partial charge in [-0.05, 0) is 26.8 Å². The lowest BCUT2D eigenvalue weighted by molar-refractivity contribution is -0.115. The van der Waals surface area contributed by atoms with E-state index in [2.05, 4.69) is 15.3 Å². The van der Waals surface area contributed by atoms with Crippen molar-refractivity contribution in [1.29, 1.82) is 0 Å². The molecule has 76 valence electrons. The number of aryl methyl sites for hydroxylation is 2. The minimum Gasteiger partial charge on any atom is -0.293 e. The molecule has 0 saturated heterocycles. The van der Waals surface area contributed by atoms with Crippen molar-refractivity contribution < 1.29 is 4.79 Å². The molecule has 1 atom stereocenters. The Morgan fingerprint density at radius 1 is 1.43 bits per heavy atom. The molecule has 1 amide bonds. The lowest BCUT2D eigenvalue weighted by atomic mass is 10.3. The van der Waals surface area contributed by atoms with E-state index in [1.807, 2.05) is 19.9 Å². The summed E-state index contributed by atoms with van der Waals surface area (Å²) in [4.78, 5) is 19.3. The van der Waals surface area contributed by atoms with Crippen molar-refractivity contribution in [2.24, 2.45) is 0 Å². The van der Waals surface area contributed by atoms with Crippen LogP contribution in [0, 0.1) is 13.8 Å². The van der Waals surface area contributed by atoms with Gasteiger partial charge in [0, 0.05) is 11.4 Å². The van der Waals surface area contributed by atoms with Gasteiger partial charge < -0.3 is 0 Å². The molecule has 0 aromatic carbocycles. The van der Waals surface area contributed by atoms with Gasteiger partial charge in [0.1, 0.15) is 5.38 Å². The van der Waals surface area contributed by atoms with Crippen molar-refractivity contribution in [3.63, 3.8) is 0 Å². The molecule has 0 bridgehead atoms. The van der Waals surface area contributed by atoms with Crippen LogP contribution in [-0.4, -0.2) is 21.3 Å². The van der Waals surface area contributed by atoms with E-state index in [-0.39, 0.29) is 5.91 Å². The SMILES string of the molecule is Cc1cc(C)nc(NC(=O)C(C)Cl)n1. The third kappa shape index (κ3) is 2.96. The summed E-state index contributed by atoms with van der Waals surface area (Å²) in [5.74, 6) is 0.0108. The van der Waals surface area contributed by atoms with Crippen LogP contribution in [0.15, 0.2) is 6.07 Å². The first-order valence-corrected chi connectivity index (χ1v) is 4.70. The number of halogens is 1. The molecule has 14 heavy (non-hydrogen) atoms. The number of hydrogen-bond donors (Lipinski definition) is 1. The molecule has 0 saturated carbocycles. The molecule has 1 aromatic rings. The number of carbonyl (C=O) groups is 1. The summed E-state index contributed by atoms with van der Waals surface area (Å²) in [5.41, 5.74) is 1.63. The van der Waals surface area contributed by atoms with Crippen molar-refractivity contribution in [2.75, 3.05) is 5.32 Å². The number of amides is 1. The standard InChI is InChI=1S/C9H12ClN3O/c1-5-4-6(2)12-9(11-5)13-8(14)7(3)10/h4,7H,1-3H3,(H,11,12,13,14). The highest BCUT2D eigenvalue weighted by Gasteiger charge is 2.10. The molecule has 1 N–H and O–H groups in total. The fourth-order valence-corrected chi connectivity index (χ4v) is 1.05. The topological polar surface area (TPSA) is 54.9 Å². The van der Waals surface area contributed by atoms with Gasteiger partial charge in [0.2, 0.25) is 11.9 Å². The maximum Gasteiger partial charge on any atom is 0.244 e. The van der Waals surface area contributed by atoms with Crippen LogP contribution in [0.1, 0.15) is 18.3 Å². The Labute approximate surface area is 87.7 Å². The predicted octanol–water partition coefficient (Wildman–Crippen LogP) is 1.66. The lowest BCUT2D eigenvalue weighted by Crippen LogP contribution is -2.22. The zero-order chi connectivity index (χ0) is 10.7. The summed E-state index contributed by atoms with van der Waals surface area (Å²) >= 11 is 5.59. The number of rotatable bonds is 2. The third-order valence-electron chi connectivity index (χ3n) is 1.58. The maximum atomic E-state index is 11.2. The molecular formula is C9H12ClN3O. The average Bonchev–Trinajstić information content (AvgIpc) is 2.01. The second kappa shape index (κ2) is 4.37. The number of hydrogen-bond acceptors (Lipinski definition) is 3. The molecule has 4 nitrogen and oxygen atoms in total. The zero-order valence-corrected chi connectivity index (χ0v) is 9.09. The van der Waals surface area contributed by atoms with E-state index >= 15 is 0 Å². The Kier molecular flexibility index (Phi) is 3.41. The number of carbonyl (C=O) groups excluding carboxylic acids is 1. The van der Waals surface area contributed by atoms with E-state index in [0.29, 0.717) is 5.95 Å². The van der Waals surface area contributed by atoms with Crippen LogP contribution in [0.3, 0.4) is 0 Å². The number of anilines is 1. The van der Waals surface area contributed by atoms with Gasteiger partial charge in [0.15, 0.2) is 0 Å². The second-order valence-corrected chi connectivity index (χ2v) is 3.73. The van der Waals surface area contributed by atoms with Crippen LogP contribution in [0.2, 0.25) is 0 Å². The first-order valence-electron chi connectivity index (χ1n) is 4.26. The van der Waals surface area contributed by atoms with E-state index in [0.717, 1.165) is 11.4 Å². The van der Waals surface area contributed by atoms with E-state index in [1.54, 1.807) is 6.92 Å². The monoisotopic (exact) mass is 213 g/mol. The summed E-state index contributed by atoms with van der Waals surface area (Å²) in [6.07, 6.45) is 0. The van der Waals surface area contributed by atoms with Crippen LogP contribution < -0.4 is 5.32 Å². The van der Waals surface area contributed by atoms with Gasteiger partial charge >= 0.3 is 0 Å². The first kappa shape index (κ1) is 10.9. The Bertz CT molecular complexity index is 332. The number of nitrogens with zero attached hydrogens (tertiary/aromatic N) is 2. The van der Waals surface area contributed by atoms with Crippen LogP contribution in [-0.2, 0) is 4.79 Å². The molecule has 1 rings (SSSR count). The van der Waals surface area contributed by atoms with Crippen LogP contribution >= 0.6 is 11.6 Å². The van der Waals surface area contributed by atoms with Gasteiger partial charge in [-0.15, -0.1) is 11.6 Å². The molecule has 0 fully saturated rings. The summed E-state index contributed by atoms with van der Waals surface area (Å²) in [6.45, 7) is 5.28. The number of alkyl halides is 1. The Hall–Kier alpha value is -1.16. The van der Waals surface area contributed by atoms with Gasteiger partial charge in [0.05, 0.1) is 0 Å². The summed E-state index contributed by atoms with van der Waals surface area (Å²) < 4.78 is 0. The molecule has 0 radical (unpaired) electrons. The lowest BCUT2D eigenvalue weighted by Gasteiger charge is -2.05. The quantitative estimate of drug-likeness (QED) is 0.761. The van der Waals surface area contributed by atoms with E-state index in [1.165, 1.54) is 0 Å².